The molecule has 4 rings (SSSR count). The molecule has 0 radical (unpaired) electrons. The molecule has 164 valence electrons. The largest absolute Gasteiger partial charge is 0.481 e. The number of aliphatic carboxylic acids is 1. The lowest BCUT2D eigenvalue weighted by molar-refractivity contribution is -0.136. The van der Waals surface area contributed by atoms with Crippen LogP contribution in [0.5, 0.6) is 0 Å². The number of carboxylic acids is 1. The zero-order valence-electron chi connectivity index (χ0n) is 18.6. The molecule has 1 N–H and O–H groups in total. The first-order chi connectivity index (χ1) is 15.6. The van der Waals surface area contributed by atoms with Crippen molar-refractivity contribution in [3.8, 4) is 22.6 Å². The van der Waals surface area contributed by atoms with Crippen molar-refractivity contribution >= 4 is 5.97 Å². The SMILES string of the molecule is CCC(=O)O.CCc1cccc(CCc2nc(-c3ccccc3)c(-c3ccccc3)o2)c1. The van der Waals surface area contributed by atoms with E-state index >= 15 is 0 Å². The summed E-state index contributed by atoms with van der Waals surface area (Å²) in [6, 6.07) is 29.2. The van der Waals surface area contributed by atoms with Crippen LogP contribution in [0.2, 0.25) is 0 Å². The fourth-order valence-corrected chi connectivity index (χ4v) is 3.30. The van der Waals surface area contributed by atoms with Gasteiger partial charge in [-0.2, -0.15) is 0 Å². The first kappa shape index (κ1) is 23.0. The maximum Gasteiger partial charge on any atom is 0.303 e. The lowest BCUT2D eigenvalue weighted by Gasteiger charge is -2.02. The normalized spacial score (nSPS) is 10.3. The molecule has 4 nitrogen and oxygen atoms in total. The van der Waals surface area contributed by atoms with Crippen LogP contribution in [-0.2, 0) is 24.1 Å². The van der Waals surface area contributed by atoms with Crippen LogP contribution in [-0.4, -0.2) is 16.1 Å². The summed E-state index contributed by atoms with van der Waals surface area (Å²) in [5.74, 6) is 0.888. The van der Waals surface area contributed by atoms with Gasteiger partial charge in [0.05, 0.1) is 0 Å². The predicted octanol–water partition coefficient (Wildman–Crippen LogP) is 6.84. The molecular formula is C28H29NO3. The number of benzene rings is 3. The molecule has 1 aromatic heterocycles. The Kier molecular flexibility index (Phi) is 8.38. The number of oxazole rings is 1. The van der Waals surface area contributed by atoms with Crippen molar-refractivity contribution in [1.29, 1.82) is 0 Å². The molecule has 0 bridgehead atoms. The van der Waals surface area contributed by atoms with E-state index in [1.165, 1.54) is 11.1 Å². The van der Waals surface area contributed by atoms with Gasteiger partial charge in [-0.15, -0.1) is 0 Å². The highest BCUT2D eigenvalue weighted by Crippen LogP contribution is 2.32. The van der Waals surface area contributed by atoms with Crippen molar-refractivity contribution in [1.82, 2.24) is 4.98 Å². The summed E-state index contributed by atoms with van der Waals surface area (Å²) in [4.78, 5) is 14.2. The standard InChI is InChI=1S/C25H23NO.C3H6O2/c1-2-19-10-9-11-20(18-19)16-17-23-26-24(21-12-5-3-6-13-21)25(27-23)22-14-7-4-8-15-22;1-2-3(4)5/h3-15,18H,2,16-17H2,1H3;2H2,1H3,(H,4,5). The van der Waals surface area contributed by atoms with E-state index < -0.39 is 5.97 Å². The number of carbonyl (C=O) groups is 1. The second-order valence-electron chi connectivity index (χ2n) is 7.44. The van der Waals surface area contributed by atoms with Gasteiger partial charge in [-0.1, -0.05) is 98.8 Å². The van der Waals surface area contributed by atoms with Crippen molar-refractivity contribution in [2.24, 2.45) is 0 Å². The summed E-state index contributed by atoms with van der Waals surface area (Å²) >= 11 is 0. The Labute approximate surface area is 189 Å². The van der Waals surface area contributed by atoms with Crippen molar-refractivity contribution in [3.63, 3.8) is 0 Å². The summed E-state index contributed by atoms with van der Waals surface area (Å²) in [7, 11) is 0. The molecule has 3 aromatic carbocycles. The van der Waals surface area contributed by atoms with Gasteiger partial charge in [0.15, 0.2) is 11.7 Å². The van der Waals surface area contributed by atoms with E-state index in [0.29, 0.717) is 0 Å². The Morgan fingerprint density at radius 1 is 0.812 bits per heavy atom. The predicted molar refractivity (Wildman–Crippen MR) is 129 cm³/mol. The molecule has 0 atom stereocenters. The van der Waals surface area contributed by atoms with Gasteiger partial charge in [-0.25, -0.2) is 4.98 Å². The smallest absolute Gasteiger partial charge is 0.303 e. The molecule has 0 aliphatic rings. The first-order valence-electron chi connectivity index (χ1n) is 11.0. The van der Waals surface area contributed by atoms with Gasteiger partial charge in [0.25, 0.3) is 0 Å². The van der Waals surface area contributed by atoms with Crippen molar-refractivity contribution in [2.75, 3.05) is 0 Å². The highest BCUT2D eigenvalue weighted by atomic mass is 16.4. The van der Waals surface area contributed by atoms with Gasteiger partial charge in [-0.05, 0) is 24.0 Å². The number of nitrogens with zero attached hydrogens (tertiary/aromatic N) is 1. The third-order valence-electron chi connectivity index (χ3n) is 5.08. The first-order valence-corrected chi connectivity index (χ1v) is 11.0. The maximum absolute atomic E-state index is 9.37. The molecule has 0 amide bonds. The topological polar surface area (TPSA) is 63.3 Å². The van der Waals surface area contributed by atoms with Gasteiger partial charge in [0.2, 0.25) is 0 Å². The van der Waals surface area contributed by atoms with E-state index in [4.69, 9.17) is 14.5 Å². The van der Waals surface area contributed by atoms with Crippen LogP contribution >= 0.6 is 0 Å². The van der Waals surface area contributed by atoms with E-state index in [1.54, 1.807) is 6.92 Å². The van der Waals surface area contributed by atoms with Crippen LogP contribution < -0.4 is 0 Å². The summed E-state index contributed by atoms with van der Waals surface area (Å²) in [5.41, 5.74) is 5.76. The van der Waals surface area contributed by atoms with Crippen LogP contribution in [0.25, 0.3) is 22.6 Å². The molecule has 0 aliphatic heterocycles. The molecule has 0 saturated carbocycles. The molecular weight excluding hydrogens is 398 g/mol. The van der Waals surface area contributed by atoms with Gasteiger partial charge in [-0.3, -0.25) is 4.79 Å². The van der Waals surface area contributed by atoms with Crippen LogP contribution in [0, 0.1) is 0 Å². The van der Waals surface area contributed by atoms with Gasteiger partial charge in [0.1, 0.15) is 5.69 Å². The number of carboxylic acid groups (broad SMARTS) is 1. The van der Waals surface area contributed by atoms with E-state index in [1.807, 2.05) is 36.4 Å². The third-order valence-corrected chi connectivity index (χ3v) is 5.08. The molecule has 0 fully saturated rings. The Balaban J connectivity index is 0.000000523. The van der Waals surface area contributed by atoms with Crippen LogP contribution in [0.3, 0.4) is 0 Å². The van der Waals surface area contributed by atoms with Crippen molar-refractivity contribution in [2.45, 2.75) is 39.5 Å². The van der Waals surface area contributed by atoms with Crippen molar-refractivity contribution < 1.29 is 14.3 Å². The number of rotatable bonds is 7. The zero-order chi connectivity index (χ0) is 22.8. The van der Waals surface area contributed by atoms with Crippen molar-refractivity contribution in [3.05, 3.63) is 102 Å². The van der Waals surface area contributed by atoms with E-state index in [0.717, 1.165) is 47.7 Å². The Bertz CT molecular complexity index is 1060. The number of hydrogen-bond acceptors (Lipinski definition) is 3. The minimum absolute atomic E-state index is 0.222. The zero-order valence-corrected chi connectivity index (χ0v) is 18.6. The molecule has 4 heteroatoms. The van der Waals surface area contributed by atoms with Crippen LogP contribution in [0.4, 0.5) is 0 Å². The number of hydrogen-bond donors (Lipinski definition) is 1. The second kappa shape index (κ2) is 11.7. The summed E-state index contributed by atoms with van der Waals surface area (Å²) in [6.45, 7) is 3.79. The number of aromatic nitrogens is 1. The average molecular weight is 428 g/mol. The molecule has 0 unspecified atom stereocenters. The Morgan fingerprint density at radius 2 is 1.41 bits per heavy atom. The summed E-state index contributed by atoms with van der Waals surface area (Å²) < 4.78 is 6.22. The molecule has 0 saturated heterocycles. The van der Waals surface area contributed by atoms with Crippen LogP contribution in [0.1, 0.15) is 37.3 Å². The monoisotopic (exact) mass is 427 g/mol. The quantitative estimate of drug-likeness (QED) is 0.351. The highest BCUT2D eigenvalue weighted by Gasteiger charge is 2.16. The van der Waals surface area contributed by atoms with E-state index in [-0.39, 0.29) is 6.42 Å². The van der Waals surface area contributed by atoms with Gasteiger partial charge >= 0.3 is 5.97 Å². The Morgan fingerprint density at radius 3 is 2.00 bits per heavy atom. The van der Waals surface area contributed by atoms with Crippen LogP contribution in [0.15, 0.2) is 89.3 Å². The molecule has 0 spiro atoms. The minimum Gasteiger partial charge on any atom is -0.481 e. The average Bonchev–Trinajstić information content (AvgIpc) is 3.29. The molecule has 4 aromatic rings. The van der Waals surface area contributed by atoms with Gasteiger partial charge < -0.3 is 9.52 Å². The molecule has 1 heterocycles. The minimum atomic E-state index is -0.745. The number of aryl methyl sites for hydroxylation is 3. The highest BCUT2D eigenvalue weighted by molar-refractivity contribution is 5.76. The third kappa shape index (κ3) is 6.42. The Hall–Kier alpha value is -3.66. The lowest BCUT2D eigenvalue weighted by atomic mass is 10.1. The van der Waals surface area contributed by atoms with E-state index in [2.05, 4.69) is 55.5 Å². The lowest BCUT2D eigenvalue weighted by Crippen LogP contribution is -1.93. The molecule has 0 aliphatic carbocycles. The maximum atomic E-state index is 9.37. The fraction of sp³-hybridized carbons (Fsp3) is 0.214. The van der Waals surface area contributed by atoms with E-state index in [9.17, 15) is 4.79 Å². The fourth-order valence-electron chi connectivity index (χ4n) is 3.30. The molecule has 32 heavy (non-hydrogen) atoms. The van der Waals surface area contributed by atoms with Gasteiger partial charge in [0, 0.05) is 24.0 Å². The summed E-state index contributed by atoms with van der Waals surface area (Å²) in [6.07, 6.45) is 3.00. The summed E-state index contributed by atoms with van der Waals surface area (Å²) in [5, 5.41) is 7.72. The second-order valence-corrected chi connectivity index (χ2v) is 7.44.